The number of aliphatic carboxylic acids is 5. The van der Waals surface area contributed by atoms with Gasteiger partial charge in [0.2, 0.25) is 70.9 Å². The van der Waals surface area contributed by atoms with Crippen molar-refractivity contribution in [1.29, 1.82) is 0 Å². The van der Waals surface area contributed by atoms with Crippen molar-refractivity contribution in [2.75, 3.05) is 51.9 Å². The highest BCUT2D eigenvalue weighted by atomic mass is 32.2. The van der Waals surface area contributed by atoms with Crippen molar-refractivity contribution in [3.8, 4) is 0 Å². The molecule has 1 aliphatic heterocycles. The van der Waals surface area contributed by atoms with Gasteiger partial charge in [-0.1, -0.05) is 13.8 Å². The molecule has 0 aromatic carbocycles. The number of hydrogen-bond acceptors (Lipinski definition) is 19. The molecule has 0 aromatic heterocycles. The Morgan fingerprint density at radius 1 is 0.511 bits per heavy atom. The van der Waals surface area contributed by atoms with Gasteiger partial charge in [0.05, 0.1) is 13.2 Å². The monoisotopic (exact) mass is 1270 g/mol. The Kier molecular flexibility index (Phi) is 35.7. The van der Waals surface area contributed by atoms with Gasteiger partial charge in [-0.05, 0) is 70.5 Å². The minimum Gasteiger partial charge on any atom is -0.481 e. The number of amides is 12. The number of nitrogens with one attached hydrogen (secondary N) is 11. The largest absolute Gasteiger partial charge is 0.481 e. The highest BCUT2D eigenvalue weighted by Gasteiger charge is 2.37. The summed E-state index contributed by atoms with van der Waals surface area (Å²) < 4.78 is 5.47. The number of likely N-dealkylation sites (tertiary alicyclic amines) is 1. The molecule has 0 spiro atoms. The van der Waals surface area contributed by atoms with Gasteiger partial charge in [0.25, 0.3) is 0 Å². The van der Waals surface area contributed by atoms with Crippen LogP contribution < -0.4 is 58.5 Å². The lowest BCUT2D eigenvalue weighted by molar-refractivity contribution is -0.142. The molecule has 35 nitrogen and oxygen atoms in total. The van der Waals surface area contributed by atoms with E-state index in [2.05, 4.69) is 58.5 Å². The highest BCUT2D eigenvalue weighted by molar-refractivity contribution is 7.98. The average molecular weight is 1280 g/mol. The zero-order chi connectivity index (χ0) is 66.8. The maximum Gasteiger partial charge on any atom is 0.303 e. The summed E-state index contributed by atoms with van der Waals surface area (Å²) in [7, 11) is 1.39. The van der Waals surface area contributed by atoms with E-state index in [0.717, 1.165) is 6.92 Å². The summed E-state index contributed by atoms with van der Waals surface area (Å²) in [4.78, 5) is 216. The third-order valence-corrected chi connectivity index (χ3v) is 13.5. The molecule has 1 saturated heterocycles. The van der Waals surface area contributed by atoms with E-state index < -0.39 is 232 Å². The second-order valence-electron chi connectivity index (χ2n) is 20.6. The van der Waals surface area contributed by atoms with E-state index in [1.165, 1.54) is 30.6 Å². The molecule has 1 heterocycles. The molecule has 9 atom stereocenters. The van der Waals surface area contributed by atoms with Crippen LogP contribution in [0.5, 0.6) is 0 Å². The van der Waals surface area contributed by atoms with Crippen molar-refractivity contribution in [2.24, 2.45) is 5.92 Å². The van der Waals surface area contributed by atoms with Gasteiger partial charge in [0.1, 0.15) is 61.0 Å². The van der Waals surface area contributed by atoms with Crippen molar-refractivity contribution in [2.45, 2.75) is 166 Å². The van der Waals surface area contributed by atoms with Crippen LogP contribution in [0.2, 0.25) is 0 Å². The normalized spacial score (nSPS) is 15.3. The van der Waals surface area contributed by atoms with Gasteiger partial charge >= 0.3 is 29.8 Å². The average Bonchev–Trinajstić information content (AvgIpc) is 2.19. The first-order valence-corrected chi connectivity index (χ1v) is 29.3. The Bertz CT molecular complexity index is 2520. The SMILES string of the molecule is CNC(=O)[C@H](C)NC(=O)[C@H](CSC)NC(=O)CNC(=O)[C@H](CC(C)C)NC(=O)[C@@H]1CCCN1C(=O)COCCNC(=O)[C@@H](CCC(=O)O)NC(=O)[C@@H](CCC(=O)O)NC(=O)[C@@H](CCC(=O)O)NC(=O)[C@@H](CCC(=O)O)NC(=O)[C@@H](CCC(=O)O)NC(C)=O. The van der Waals surface area contributed by atoms with Crippen LogP contribution in [0.4, 0.5) is 0 Å². The Morgan fingerprint density at radius 2 is 0.920 bits per heavy atom. The second-order valence-corrected chi connectivity index (χ2v) is 21.5. The number of hydrogen-bond donors (Lipinski definition) is 16. The van der Waals surface area contributed by atoms with E-state index in [4.69, 9.17) is 9.84 Å². The van der Waals surface area contributed by atoms with Crippen LogP contribution in [0, 0.1) is 5.92 Å². The number of carboxylic acid groups (broad SMARTS) is 5. The van der Waals surface area contributed by atoms with Gasteiger partial charge in [-0.2, -0.15) is 11.8 Å². The smallest absolute Gasteiger partial charge is 0.303 e. The predicted molar refractivity (Wildman–Crippen MR) is 305 cm³/mol. The molecule has 1 rings (SSSR count). The summed E-state index contributed by atoms with van der Waals surface area (Å²) in [6.07, 6.45) is -4.52. The minimum absolute atomic E-state index is 0.122. The highest BCUT2D eigenvalue weighted by Crippen LogP contribution is 2.19. The molecule has 16 N–H and O–H groups in total. The van der Waals surface area contributed by atoms with Gasteiger partial charge in [-0.25, -0.2) is 0 Å². The number of likely N-dealkylation sites (N-methyl/N-ethyl adjacent to an activating group) is 1. The maximum absolute atomic E-state index is 13.8. The van der Waals surface area contributed by atoms with Crippen molar-refractivity contribution >= 4 is 112 Å². The number of carboxylic acids is 5. The Morgan fingerprint density at radius 3 is 1.32 bits per heavy atom. The predicted octanol–water partition coefficient (Wildman–Crippen LogP) is -5.38. The van der Waals surface area contributed by atoms with E-state index in [1.807, 2.05) is 0 Å². The molecule has 88 heavy (non-hydrogen) atoms. The molecule has 0 aliphatic carbocycles. The molecule has 0 saturated carbocycles. The lowest BCUT2D eigenvalue weighted by Crippen LogP contribution is -2.59. The van der Waals surface area contributed by atoms with E-state index >= 15 is 0 Å². The second kappa shape index (κ2) is 40.6. The lowest BCUT2D eigenvalue weighted by Gasteiger charge is -2.27. The van der Waals surface area contributed by atoms with Crippen molar-refractivity contribution in [1.82, 2.24) is 63.4 Å². The summed E-state index contributed by atoms with van der Waals surface area (Å²) in [5.41, 5.74) is 0. The first-order valence-electron chi connectivity index (χ1n) is 27.9. The number of nitrogens with zero attached hydrogens (tertiary/aromatic N) is 1. The van der Waals surface area contributed by atoms with E-state index in [1.54, 1.807) is 20.1 Å². The summed E-state index contributed by atoms with van der Waals surface area (Å²) in [5.74, 6) is -17.9. The van der Waals surface area contributed by atoms with Crippen LogP contribution >= 0.6 is 11.8 Å². The van der Waals surface area contributed by atoms with Crippen LogP contribution in [0.15, 0.2) is 0 Å². The van der Waals surface area contributed by atoms with Crippen LogP contribution in [-0.2, 0) is 86.2 Å². The third-order valence-electron chi connectivity index (χ3n) is 12.9. The maximum atomic E-state index is 13.8. The number of carbonyl (C=O) groups excluding carboxylic acids is 12. The summed E-state index contributed by atoms with van der Waals surface area (Å²) >= 11 is 1.25. The number of rotatable bonds is 43. The molecular formula is C52H82N12O23S. The standard InChI is InChI=1S/C52H82N12O23S/c1-26(2)22-34(46(80)55-23-37(66)58-35(25-88-6)51(85)56-27(3)44(78)53-5)63-52(86)36-8-7-20-64(36)38(67)24-87-21-19-54-45(79)29(9-14-39(68)69)59-48(82)31(11-16-41(72)73)61-50(84)33(13-18-43(76)77)62-49(83)32(12-17-42(74)75)60-47(81)30(57-28(4)65)10-15-40(70)71/h26-27,29-36H,7-25H2,1-6H3,(H,53,78)(H,54,79)(H,55,80)(H,56,85)(H,57,65)(H,58,66)(H,59,82)(H,60,81)(H,61,84)(H,62,83)(H,63,86)(H,68,69)(H,70,71)(H,72,73)(H,74,75)(H,76,77)/t27-,29+,30+,31+,32+,33+,34-,35-,36-/m0/s1. The van der Waals surface area contributed by atoms with Crippen molar-refractivity contribution < 1.29 is 112 Å². The molecule has 1 fully saturated rings. The van der Waals surface area contributed by atoms with Gasteiger partial charge in [-0.3, -0.25) is 81.5 Å². The van der Waals surface area contributed by atoms with Gasteiger partial charge < -0.3 is 93.7 Å². The third kappa shape index (κ3) is 31.1. The minimum atomic E-state index is -1.91. The fourth-order valence-electron chi connectivity index (χ4n) is 8.42. The van der Waals surface area contributed by atoms with Gasteiger partial charge in [0, 0.05) is 64.9 Å². The topological polar surface area (TPSA) is 536 Å². The summed E-state index contributed by atoms with van der Waals surface area (Å²) in [6.45, 7) is 4.23. The molecular weight excluding hydrogens is 1190 g/mol. The van der Waals surface area contributed by atoms with Crippen LogP contribution in [0.3, 0.4) is 0 Å². The number of carbonyl (C=O) groups is 17. The number of thioether (sulfide) groups is 1. The Labute approximate surface area is 509 Å². The molecule has 0 bridgehead atoms. The molecule has 12 amide bonds. The van der Waals surface area contributed by atoms with Crippen LogP contribution in [-0.4, -0.2) is 237 Å². The lowest BCUT2D eigenvalue weighted by atomic mass is 10.0. The number of ether oxygens (including phenoxy) is 1. The van der Waals surface area contributed by atoms with E-state index in [0.29, 0.717) is 6.42 Å². The summed E-state index contributed by atoms with van der Waals surface area (Å²) in [6, 6.07) is -13.0. The van der Waals surface area contributed by atoms with Gasteiger partial charge in [-0.15, -0.1) is 0 Å². The fraction of sp³-hybridized carbons (Fsp3) is 0.673. The van der Waals surface area contributed by atoms with Crippen molar-refractivity contribution in [3.63, 3.8) is 0 Å². The van der Waals surface area contributed by atoms with Crippen LogP contribution in [0.1, 0.15) is 111 Å². The molecule has 0 aromatic rings. The zero-order valence-corrected chi connectivity index (χ0v) is 50.5. The van der Waals surface area contributed by atoms with E-state index in [-0.39, 0.29) is 44.2 Å². The fourth-order valence-corrected chi connectivity index (χ4v) is 8.99. The quantitative estimate of drug-likeness (QED) is 0.0253. The summed E-state index contributed by atoms with van der Waals surface area (Å²) in [5, 5.41) is 72.7. The Hall–Kier alpha value is -8.70. The zero-order valence-electron chi connectivity index (χ0n) is 49.6. The van der Waals surface area contributed by atoms with Crippen LogP contribution in [0.25, 0.3) is 0 Å². The molecule has 1 aliphatic rings. The molecule has 494 valence electrons. The van der Waals surface area contributed by atoms with Gasteiger partial charge in [0.15, 0.2) is 0 Å². The first kappa shape index (κ1) is 77.3. The molecule has 0 unspecified atom stereocenters. The van der Waals surface area contributed by atoms with E-state index in [9.17, 15) is 102 Å². The molecule has 36 heteroatoms. The Balaban J connectivity index is 3.14. The van der Waals surface area contributed by atoms with Crippen molar-refractivity contribution in [3.05, 3.63) is 0 Å². The molecule has 0 radical (unpaired) electrons. The first-order chi connectivity index (χ1) is 41.3.